The number of nitrogens with two attached hydrogens (primary N) is 1. The van der Waals surface area contributed by atoms with Crippen molar-refractivity contribution >= 4 is 11.6 Å². The van der Waals surface area contributed by atoms with Crippen LogP contribution in [-0.2, 0) is 6.42 Å². The average Bonchev–Trinajstić information content (AvgIpc) is 2.70. The Balaban J connectivity index is 1.60. The zero-order chi connectivity index (χ0) is 12.5. The fourth-order valence-corrected chi connectivity index (χ4v) is 3.13. The van der Waals surface area contributed by atoms with Gasteiger partial charge < -0.3 is 10.5 Å². The molecule has 1 unspecified atom stereocenters. The fourth-order valence-electron chi connectivity index (χ4n) is 2.94. The third-order valence-corrected chi connectivity index (χ3v) is 4.00. The van der Waals surface area contributed by atoms with E-state index in [2.05, 4.69) is 4.90 Å². The second-order valence-corrected chi connectivity index (χ2v) is 5.79. The van der Waals surface area contributed by atoms with E-state index >= 15 is 0 Å². The van der Waals surface area contributed by atoms with Crippen LogP contribution in [0.3, 0.4) is 0 Å². The van der Waals surface area contributed by atoms with Crippen molar-refractivity contribution in [1.29, 1.82) is 0 Å². The number of halogens is 1. The Labute approximate surface area is 113 Å². The first-order chi connectivity index (χ1) is 8.70. The highest BCUT2D eigenvalue weighted by Crippen LogP contribution is 2.31. The molecule has 1 saturated heterocycles. The minimum atomic E-state index is 0.253. The normalized spacial score (nSPS) is 27.9. The van der Waals surface area contributed by atoms with Crippen molar-refractivity contribution in [3.05, 3.63) is 28.8 Å². The molecule has 2 heterocycles. The van der Waals surface area contributed by atoms with Crippen LogP contribution in [0, 0.1) is 0 Å². The smallest absolute Gasteiger partial charge is 0.123 e. The molecule has 98 valence electrons. The fraction of sp³-hybridized carbons (Fsp3) is 0.571. The third kappa shape index (κ3) is 2.63. The molecule has 1 aromatic rings. The van der Waals surface area contributed by atoms with Gasteiger partial charge in [0.1, 0.15) is 11.9 Å². The molecule has 3 rings (SSSR count). The summed E-state index contributed by atoms with van der Waals surface area (Å²) in [4.78, 5) is 2.42. The Morgan fingerprint density at radius 2 is 2.33 bits per heavy atom. The van der Waals surface area contributed by atoms with Crippen LogP contribution in [0.1, 0.15) is 18.4 Å². The zero-order valence-electron chi connectivity index (χ0n) is 10.4. The molecule has 0 spiro atoms. The first-order valence-corrected chi connectivity index (χ1v) is 7.01. The molecule has 0 saturated carbocycles. The van der Waals surface area contributed by atoms with Crippen LogP contribution < -0.4 is 10.5 Å². The molecule has 1 aromatic carbocycles. The van der Waals surface area contributed by atoms with Gasteiger partial charge in [-0.2, -0.15) is 0 Å². The number of ether oxygens (including phenoxy) is 1. The van der Waals surface area contributed by atoms with Gasteiger partial charge in [-0.25, -0.2) is 0 Å². The number of rotatable bonds is 2. The van der Waals surface area contributed by atoms with Crippen molar-refractivity contribution in [3.8, 4) is 5.75 Å². The van der Waals surface area contributed by atoms with E-state index in [9.17, 15) is 0 Å². The van der Waals surface area contributed by atoms with E-state index in [-0.39, 0.29) is 6.10 Å². The Bertz CT molecular complexity index is 438. The molecule has 2 aliphatic heterocycles. The molecule has 4 heteroatoms. The summed E-state index contributed by atoms with van der Waals surface area (Å²) in [6.45, 7) is 3.11. The highest BCUT2D eigenvalue weighted by atomic mass is 35.5. The van der Waals surface area contributed by atoms with Gasteiger partial charge in [0.25, 0.3) is 0 Å². The summed E-state index contributed by atoms with van der Waals surface area (Å²) in [6.07, 6.45) is 3.57. The number of hydrogen-bond acceptors (Lipinski definition) is 3. The molecule has 1 fully saturated rings. The molecule has 2 N–H and O–H groups in total. The van der Waals surface area contributed by atoms with Crippen LogP contribution in [0.5, 0.6) is 5.75 Å². The lowest BCUT2D eigenvalue weighted by molar-refractivity contribution is 0.127. The van der Waals surface area contributed by atoms with Crippen LogP contribution in [0.4, 0.5) is 0 Å². The van der Waals surface area contributed by atoms with Gasteiger partial charge in [0, 0.05) is 30.6 Å². The van der Waals surface area contributed by atoms with E-state index in [0.29, 0.717) is 6.04 Å². The highest BCUT2D eigenvalue weighted by molar-refractivity contribution is 6.30. The third-order valence-electron chi connectivity index (χ3n) is 3.77. The first-order valence-electron chi connectivity index (χ1n) is 6.64. The lowest BCUT2D eigenvalue weighted by atomic mass is 10.1. The number of likely N-dealkylation sites (tertiary alicyclic amines) is 1. The van der Waals surface area contributed by atoms with E-state index in [1.807, 2.05) is 18.2 Å². The van der Waals surface area contributed by atoms with Crippen LogP contribution in [0.2, 0.25) is 5.02 Å². The van der Waals surface area contributed by atoms with E-state index in [1.54, 1.807) is 0 Å². The summed E-state index contributed by atoms with van der Waals surface area (Å²) in [6, 6.07) is 6.20. The Kier molecular flexibility index (Phi) is 3.46. The van der Waals surface area contributed by atoms with E-state index in [4.69, 9.17) is 22.1 Å². The lowest BCUT2D eigenvalue weighted by Gasteiger charge is -2.32. The molecular formula is C14H19ClN2O. The van der Waals surface area contributed by atoms with Gasteiger partial charge in [-0.3, -0.25) is 4.90 Å². The molecule has 0 radical (unpaired) electrons. The van der Waals surface area contributed by atoms with Gasteiger partial charge in [0.15, 0.2) is 0 Å². The highest BCUT2D eigenvalue weighted by Gasteiger charge is 2.26. The molecule has 0 bridgehead atoms. The van der Waals surface area contributed by atoms with Gasteiger partial charge >= 0.3 is 0 Å². The molecular weight excluding hydrogens is 248 g/mol. The Hall–Kier alpha value is -0.770. The topological polar surface area (TPSA) is 38.5 Å². The summed E-state index contributed by atoms with van der Waals surface area (Å²) in [7, 11) is 0. The van der Waals surface area contributed by atoms with Crippen molar-refractivity contribution in [3.63, 3.8) is 0 Å². The molecule has 0 aliphatic carbocycles. The number of hydrogen-bond donors (Lipinski definition) is 1. The van der Waals surface area contributed by atoms with E-state index in [0.717, 1.165) is 43.2 Å². The molecule has 0 amide bonds. The summed E-state index contributed by atoms with van der Waals surface area (Å²) in [5.41, 5.74) is 7.23. The maximum Gasteiger partial charge on any atom is 0.123 e. The molecule has 18 heavy (non-hydrogen) atoms. The summed E-state index contributed by atoms with van der Waals surface area (Å²) in [5, 5.41) is 0.790. The monoisotopic (exact) mass is 266 g/mol. The van der Waals surface area contributed by atoms with Crippen molar-refractivity contribution in [1.82, 2.24) is 4.90 Å². The summed E-state index contributed by atoms with van der Waals surface area (Å²) < 4.78 is 5.96. The lowest BCUT2D eigenvalue weighted by Crippen LogP contribution is -2.46. The zero-order valence-corrected chi connectivity index (χ0v) is 11.2. The first kappa shape index (κ1) is 12.3. The largest absolute Gasteiger partial charge is 0.488 e. The SMILES string of the molecule is N[C@@H]1CCCN(CC2Cc3cc(Cl)ccc3O2)C1. The van der Waals surface area contributed by atoms with Crippen LogP contribution in [0.25, 0.3) is 0 Å². The summed E-state index contributed by atoms with van der Waals surface area (Å²) >= 11 is 6.00. The van der Waals surface area contributed by atoms with Gasteiger partial charge in [0.05, 0.1) is 0 Å². The van der Waals surface area contributed by atoms with Crippen molar-refractivity contribution in [2.75, 3.05) is 19.6 Å². The van der Waals surface area contributed by atoms with Gasteiger partial charge in [-0.05, 0) is 43.1 Å². The molecule has 3 nitrogen and oxygen atoms in total. The van der Waals surface area contributed by atoms with Crippen LogP contribution in [-0.4, -0.2) is 36.7 Å². The van der Waals surface area contributed by atoms with Gasteiger partial charge in [0.2, 0.25) is 0 Å². The number of benzene rings is 1. The summed E-state index contributed by atoms with van der Waals surface area (Å²) in [5.74, 6) is 0.991. The van der Waals surface area contributed by atoms with E-state index < -0.39 is 0 Å². The minimum Gasteiger partial charge on any atom is -0.488 e. The number of nitrogens with zero attached hydrogens (tertiary/aromatic N) is 1. The molecule has 2 aliphatic rings. The number of piperidine rings is 1. The second kappa shape index (κ2) is 5.08. The van der Waals surface area contributed by atoms with Crippen LogP contribution >= 0.6 is 11.6 Å². The predicted octanol–water partition coefficient (Wildman–Crippen LogP) is 2.07. The Morgan fingerprint density at radius 1 is 1.44 bits per heavy atom. The van der Waals surface area contributed by atoms with Crippen molar-refractivity contribution < 1.29 is 4.74 Å². The van der Waals surface area contributed by atoms with Crippen molar-refractivity contribution in [2.45, 2.75) is 31.4 Å². The van der Waals surface area contributed by atoms with Crippen molar-refractivity contribution in [2.24, 2.45) is 5.73 Å². The maximum atomic E-state index is 6.00. The Morgan fingerprint density at radius 3 is 3.17 bits per heavy atom. The quantitative estimate of drug-likeness (QED) is 0.891. The van der Waals surface area contributed by atoms with Gasteiger partial charge in [-0.15, -0.1) is 0 Å². The van der Waals surface area contributed by atoms with Crippen LogP contribution in [0.15, 0.2) is 18.2 Å². The molecule has 2 atom stereocenters. The standard InChI is InChI=1S/C14H19ClN2O/c15-11-3-4-14-10(6-11)7-13(18-14)9-17-5-1-2-12(16)8-17/h3-4,6,12-13H,1-2,5,7-9,16H2/t12-,13?/m1/s1. The minimum absolute atomic E-state index is 0.253. The van der Waals surface area contributed by atoms with E-state index in [1.165, 1.54) is 12.0 Å². The predicted molar refractivity (Wildman–Crippen MR) is 73.2 cm³/mol. The molecule has 0 aromatic heterocycles. The maximum absolute atomic E-state index is 6.00. The number of fused-ring (bicyclic) bond motifs is 1. The van der Waals surface area contributed by atoms with Gasteiger partial charge in [-0.1, -0.05) is 11.6 Å². The average molecular weight is 267 g/mol. The second-order valence-electron chi connectivity index (χ2n) is 5.36.